The molecule has 80 valence electrons. The topological polar surface area (TPSA) is 50.9 Å². The number of aliphatic imine (C=N–C) groups is 1. The van der Waals surface area contributed by atoms with Gasteiger partial charge in [0.25, 0.3) is 0 Å². The van der Waals surface area contributed by atoms with Crippen molar-refractivity contribution in [2.45, 2.75) is 37.8 Å². The van der Waals surface area contributed by atoms with Crippen LogP contribution in [0.15, 0.2) is 4.99 Å². The molecule has 0 aromatic carbocycles. The molecule has 1 heterocycles. The van der Waals surface area contributed by atoms with E-state index in [9.17, 15) is 0 Å². The van der Waals surface area contributed by atoms with E-state index in [0.29, 0.717) is 12.1 Å². The van der Waals surface area contributed by atoms with Crippen molar-refractivity contribution < 1.29 is 4.74 Å². The molecule has 0 unspecified atom stereocenters. The highest BCUT2D eigenvalue weighted by atomic mass is 16.5. The van der Waals surface area contributed by atoms with Crippen molar-refractivity contribution >= 4 is 5.96 Å². The van der Waals surface area contributed by atoms with Gasteiger partial charge in [-0.15, -0.1) is 0 Å². The van der Waals surface area contributed by atoms with Gasteiger partial charge in [0.2, 0.25) is 0 Å². The van der Waals surface area contributed by atoms with Gasteiger partial charge in [-0.05, 0) is 25.7 Å². The molecule has 1 aliphatic heterocycles. The van der Waals surface area contributed by atoms with Gasteiger partial charge in [-0.3, -0.25) is 0 Å². The third-order valence-corrected chi connectivity index (χ3v) is 2.96. The molecule has 1 saturated heterocycles. The van der Waals surface area contributed by atoms with Gasteiger partial charge >= 0.3 is 0 Å². The first-order valence-electron chi connectivity index (χ1n) is 5.40. The van der Waals surface area contributed by atoms with Crippen LogP contribution in [0.3, 0.4) is 0 Å². The molecule has 0 aromatic heterocycles. The van der Waals surface area contributed by atoms with Gasteiger partial charge in [0.15, 0.2) is 5.96 Å². The van der Waals surface area contributed by atoms with Crippen molar-refractivity contribution in [3.8, 4) is 0 Å². The molecule has 0 spiro atoms. The fourth-order valence-corrected chi connectivity index (χ4v) is 1.79. The van der Waals surface area contributed by atoms with E-state index in [4.69, 9.17) is 10.5 Å². The highest BCUT2D eigenvalue weighted by Gasteiger charge is 2.24. The van der Waals surface area contributed by atoms with Gasteiger partial charge in [-0.25, -0.2) is 4.99 Å². The average molecular weight is 197 g/mol. The Morgan fingerprint density at radius 3 is 2.43 bits per heavy atom. The van der Waals surface area contributed by atoms with E-state index >= 15 is 0 Å². The Hall–Kier alpha value is -0.770. The lowest BCUT2D eigenvalue weighted by Gasteiger charge is -2.31. The quantitative estimate of drug-likeness (QED) is 0.520. The van der Waals surface area contributed by atoms with Crippen LogP contribution in [0, 0.1) is 0 Å². The van der Waals surface area contributed by atoms with E-state index in [1.54, 1.807) is 7.11 Å². The van der Waals surface area contributed by atoms with Crippen LogP contribution in [0.1, 0.15) is 25.7 Å². The number of nitrogens with two attached hydrogens (primary N) is 1. The summed E-state index contributed by atoms with van der Waals surface area (Å²) >= 11 is 0. The van der Waals surface area contributed by atoms with Crippen molar-refractivity contribution in [1.82, 2.24) is 4.90 Å². The second-order valence-electron chi connectivity index (χ2n) is 4.14. The zero-order chi connectivity index (χ0) is 9.97. The molecule has 0 aromatic rings. The minimum atomic E-state index is 0.417. The summed E-state index contributed by atoms with van der Waals surface area (Å²) in [5.41, 5.74) is 5.91. The Kier molecular flexibility index (Phi) is 2.91. The predicted molar refractivity (Wildman–Crippen MR) is 56.2 cm³/mol. The first-order valence-corrected chi connectivity index (χ1v) is 5.40. The molecule has 0 amide bonds. The summed E-state index contributed by atoms with van der Waals surface area (Å²) in [4.78, 5) is 6.62. The highest BCUT2D eigenvalue weighted by molar-refractivity contribution is 5.78. The minimum Gasteiger partial charge on any atom is -0.381 e. The maximum atomic E-state index is 5.91. The van der Waals surface area contributed by atoms with E-state index in [-0.39, 0.29) is 0 Å². The Morgan fingerprint density at radius 2 is 1.93 bits per heavy atom. The zero-order valence-electron chi connectivity index (χ0n) is 8.78. The van der Waals surface area contributed by atoms with Crippen LogP contribution in [0.4, 0.5) is 0 Å². The molecular weight excluding hydrogens is 178 g/mol. The van der Waals surface area contributed by atoms with E-state index < -0.39 is 0 Å². The Morgan fingerprint density at radius 1 is 1.29 bits per heavy atom. The van der Waals surface area contributed by atoms with E-state index in [1.807, 2.05) is 0 Å². The number of hydrogen-bond donors (Lipinski definition) is 1. The molecule has 14 heavy (non-hydrogen) atoms. The molecule has 4 heteroatoms. The molecule has 2 fully saturated rings. The molecule has 2 aliphatic rings. The summed E-state index contributed by atoms with van der Waals surface area (Å²) in [6.45, 7) is 1.97. The number of piperidine rings is 1. The molecule has 2 N–H and O–H groups in total. The van der Waals surface area contributed by atoms with Crippen LogP contribution < -0.4 is 5.73 Å². The number of ether oxygens (including phenoxy) is 1. The highest BCUT2D eigenvalue weighted by Crippen LogP contribution is 2.24. The lowest BCUT2D eigenvalue weighted by molar-refractivity contribution is 0.0575. The molecule has 0 bridgehead atoms. The number of hydrogen-bond acceptors (Lipinski definition) is 2. The van der Waals surface area contributed by atoms with Crippen LogP contribution in [-0.4, -0.2) is 43.2 Å². The van der Waals surface area contributed by atoms with Crippen LogP contribution in [0.5, 0.6) is 0 Å². The summed E-state index contributed by atoms with van der Waals surface area (Å²) in [6.07, 6.45) is 4.99. The SMILES string of the molecule is COC1CCN(C(N)=NC2CC2)CC1. The molecule has 1 aliphatic carbocycles. The van der Waals surface area contributed by atoms with Gasteiger partial charge in [-0.2, -0.15) is 0 Å². The smallest absolute Gasteiger partial charge is 0.191 e. The summed E-state index contributed by atoms with van der Waals surface area (Å²) in [5.74, 6) is 0.738. The van der Waals surface area contributed by atoms with Crippen molar-refractivity contribution in [3.63, 3.8) is 0 Å². The third-order valence-electron chi connectivity index (χ3n) is 2.96. The lowest BCUT2D eigenvalue weighted by Crippen LogP contribution is -2.44. The van der Waals surface area contributed by atoms with Gasteiger partial charge in [0.05, 0.1) is 12.1 Å². The van der Waals surface area contributed by atoms with Crippen LogP contribution in [0.2, 0.25) is 0 Å². The maximum absolute atomic E-state index is 5.91. The first-order chi connectivity index (χ1) is 6.79. The second-order valence-corrected chi connectivity index (χ2v) is 4.14. The monoisotopic (exact) mass is 197 g/mol. The van der Waals surface area contributed by atoms with Gasteiger partial charge in [0, 0.05) is 20.2 Å². The standard InChI is InChI=1S/C10H19N3O/c1-14-9-4-6-13(7-5-9)10(11)12-8-2-3-8/h8-9H,2-7H2,1H3,(H2,11,12). The molecule has 4 nitrogen and oxygen atoms in total. The Bertz CT molecular complexity index is 217. The van der Waals surface area contributed by atoms with Crippen LogP contribution in [-0.2, 0) is 4.74 Å². The van der Waals surface area contributed by atoms with Crippen molar-refractivity contribution in [2.24, 2.45) is 10.7 Å². The second kappa shape index (κ2) is 4.17. The lowest BCUT2D eigenvalue weighted by atomic mass is 10.1. The molecule has 2 rings (SSSR count). The zero-order valence-corrected chi connectivity index (χ0v) is 8.78. The van der Waals surface area contributed by atoms with Crippen LogP contribution in [0.25, 0.3) is 0 Å². The fraction of sp³-hybridized carbons (Fsp3) is 0.900. The number of rotatable bonds is 2. The van der Waals surface area contributed by atoms with Crippen molar-refractivity contribution in [3.05, 3.63) is 0 Å². The van der Waals surface area contributed by atoms with E-state index in [0.717, 1.165) is 31.9 Å². The Labute approximate surface area is 85.1 Å². The van der Waals surface area contributed by atoms with Gasteiger partial charge < -0.3 is 15.4 Å². The van der Waals surface area contributed by atoms with Crippen LogP contribution >= 0.6 is 0 Å². The summed E-state index contributed by atoms with van der Waals surface area (Å²) < 4.78 is 5.31. The fourth-order valence-electron chi connectivity index (χ4n) is 1.79. The molecule has 1 saturated carbocycles. The van der Waals surface area contributed by atoms with Gasteiger partial charge in [-0.1, -0.05) is 0 Å². The average Bonchev–Trinajstić information content (AvgIpc) is 3.02. The normalized spacial score (nSPS) is 25.5. The Balaban J connectivity index is 1.81. The molecule has 0 radical (unpaired) electrons. The minimum absolute atomic E-state index is 0.417. The molecular formula is C10H19N3O. The number of guanidine groups is 1. The maximum Gasteiger partial charge on any atom is 0.191 e. The third kappa shape index (κ3) is 2.38. The van der Waals surface area contributed by atoms with Gasteiger partial charge in [0.1, 0.15) is 0 Å². The number of likely N-dealkylation sites (tertiary alicyclic amines) is 1. The summed E-state index contributed by atoms with van der Waals surface area (Å²) in [7, 11) is 1.78. The largest absolute Gasteiger partial charge is 0.381 e. The number of nitrogens with zero attached hydrogens (tertiary/aromatic N) is 2. The van der Waals surface area contributed by atoms with Crippen molar-refractivity contribution in [1.29, 1.82) is 0 Å². The van der Waals surface area contributed by atoms with E-state index in [1.165, 1.54) is 12.8 Å². The molecule has 0 atom stereocenters. The number of methoxy groups -OCH3 is 1. The summed E-state index contributed by atoms with van der Waals surface area (Å²) in [6, 6.07) is 0.523. The van der Waals surface area contributed by atoms with Crippen molar-refractivity contribution in [2.75, 3.05) is 20.2 Å². The first kappa shape index (κ1) is 9.77. The predicted octanol–water partition coefficient (Wildman–Crippen LogP) is 0.574. The summed E-state index contributed by atoms with van der Waals surface area (Å²) in [5, 5.41) is 0. The van der Waals surface area contributed by atoms with E-state index in [2.05, 4.69) is 9.89 Å².